The topological polar surface area (TPSA) is 86.0 Å². The van der Waals surface area contributed by atoms with Crippen molar-refractivity contribution in [2.24, 2.45) is 0 Å². The largest absolute Gasteiger partial charge is 0.496 e. The van der Waals surface area contributed by atoms with Crippen molar-refractivity contribution < 1.29 is 9.15 Å². The fourth-order valence-corrected chi connectivity index (χ4v) is 3.99. The molecule has 0 atom stereocenters. The molecule has 0 fully saturated rings. The predicted molar refractivity (Wildman–Crippen MR) is 128 cm³/mol. The fraction of sp³-hybridized carbons (Fsp3) is 0.0400. The Hall–Kier alpha value is -4.17. The summed E-state index contributed by atoms with van der Waals surface area (Å²) in [5.41, 5.74) is 2.49. The first-order valence-electron chi connectivity index (χ1n) is 10.2. The smallest absolute Gasteiger partial charge is 0.231 e. The Balaban J connectivity index is 1.50. The molecule has 162 valence electrons. The third-order valence-corrected chi connectivity index (χ3v) is 5.63. The number of anilines is 2. The average Bonchev–Trinajstić information content (AvgIpc) is 3.40. The lowest BCUT2D eigenvalue weighted by atomic mass is 10.1. The summed E-state index contributed by atoms with van der Waals surface area (Å²) in [6.07, 6.45) is 3.04. The minimum atomic E-state index is 0.441. The molecule has 0 saturated carbocycles. The molecule has 2 aromatic heterocycles. The number of nitrogens with zero attached hydrogens (tertiary/aromatic N) is 4. The van der Waals surface area contributed by atoms with Crippen LogP contribution >= 0.6 is 11.8 Å². The van der Waals surface area contributed by atoms with Gasteiger partial charge in [0.1, 0.15) is 5.75 Å². The van der Waals surface area contributed by atoms with Crippen LogP contribution in [0.15, 0.2) is 106 Å². The van der Waals surface area contributed by atoms with Crippen molar-refractivity contribution in [1.82, 2.24) is 19.9 Å². The molecule has 3 aromatic carbocycles. The highest BCUT2D eigenvalue weighted by molar-refractivity contribution is 7.99. The first kappa shape index (κ1) is 20.7. The van der Waals surface area contributed by atoms with Crippen LogP contribution in [0.4, 0.5) is 11.6 Å². The maximum Gasteiger partial charge on any atom is 0.231 e. The van der Waals surface area contributed by atoms with Gasteiger partial charge in [-0.25, -0.2) is 9.97 Å². The predicted octanol–water partition coefficient (Wildman–Crippen LogP) is 6.10. The van der Waals surface area contributed by atoms with Gasteiger partial charge in [0.2, 0.25) is 5.95 Å². The molecule has 5 rings (SSSR count). The quantitative estimate of drug-likeness (QED) is 0.316. The van der Waals surface area contributed by atoms with E-state index in [1.54, 1.807) is 13.3 Å². The van der Waals surface area contributed by atoms with Crippen molar-refractivity contribution in [3.63, 3.8) is 0 Å². The second-order valence-electron chi connectivity index (χ2n) is 6.95. The summed E-state index contributed by atoms with van der Waals surface area (Å²) in [7, 11) is 1.62. The summed E-state index contributed by atoms with van der Waals surface area (Å²) in [6, 6.07) is 25.5. The molecule has 0 bridgehead atoms. The van der Waals surface area contributed by atoms with Crippen LogP contribution in [0.1, 0.15) is 0 Å². The van der Waals surface area contributed by atoms with Crippen molar-refractivity contribution in [3.8, 4) is 28.5 Å². The Labute approximate surface area is 194 Å². The van der Waals surface area contributed by atoms with Crippen LogP contribution in [-0.4, -0.2) is 27.0 Å². The van der Waals surface area contributed by atoms with Crippen LogP contribution in [0.25, 0.3) is 22.7 Å². The van der Waals surface area contributed by atoms with Gasteiger partial charge >= 0.3 is 0 Å². The minimum Gasteiger partial charge on any atom is -0.496 e. The Morgan fingerprint density at radius 2 is 1.67 bits per heavy atom. The molecule has 1 N–H and O–H groups in total. The highest BCUT2D eigenvalue weighted by Gasteiger charge is 2.13. The van der Waals surface area contributed by atoms with Gasteiger partial charge in [0, 0.05) is 22.2 Å². The Kier molecular flexibility index (Phi) is 5.99. The molecule has 0 radical (unpaired) electrons. The zero-order valence-corrected chi connectivity index (χ0v) is 18.5. The lowest BCUT2D eigenvalue weighted by Crippen LogP contribution is -2.03. The first-order valence-corrected chi connectivity index (χ1v) is 11.0. The SMILES string of the molecule is COc1cc(Nc2nc(Sc3ccccc3)nc(-c3ccccc3)n2)ccc1-c1cnco1. The number of benzene rings is 3. The lowest BCUT2D eigenvalue weighted by molar-refractivity contribution is 0.415. The number of ether oxygens (including phenoxy) is 1. The van der Waals surface area contributed by atoms with E-state index in [-0.39, 0.29) is 0 Å². The number of rotatable bonds is 7. The number of hydrogen-bond donors (Lipinski definition) is 1. The third kappa shape index (κ3) is 4.86. The summed E-state index contributed by atoms with van der Waals surface area (Å²) in [4.78, 5) is 19.0. The number of hydrogen-bond acceptors (Lipinski definition) is 8. The fourth-order valence-electron chi connectivity index (χ4n) is 3.22. The zero-order chi connectivity index (χ0) is 22.5. The molecule has 0 unspecified atom stereocenters. The van der Waals surface area contributed by atoms with Crippen LogP contribution in [-0.2, 0) is 0 Å². The highest BCUT2D eigenvalue weighted by atomic mass is 32.2. The molecule has 2 heterocycles. The van der Waals surface area contributed by atoms with Gasteiger partial charge in [-0.15, -0.1) is 0 Å². The zero-order valence-electron chi connectivity index (χ0n) is 17.7. The van der Waals surface area contributed by atoms with E-state index >= 15 is 0 Å². The first-order chi connectivity index (χ1) is 16.3. The summed E-state index contributed by atoms with van der Waals surface area (Å²) >= 11 is 1.48. The summed E-state index contributed by atoms with van der Waals surface area (Å²) < 4.78 is 11.0. The number of aromatic nitrogens is 4. The van der Waals surface area contributed by atoms with E-state index < -0.39 is 0 Å². The summed E-state index contributed by atoms with van der Waals surface area (Å²) in [5, 5.41) is 3.89. The van der Waals surface area contributed by atoms with Gasteiger partial charge in [-0.3, -0.25) is 0 Å². The molecule has 0 aliphatic heterocycles. The summed E-state index contributed by atoms with van der Waals surface area (Å²) in [5.74, 6) is 2.31. The van der Waals surface area contributed by atoms with E-state index in [1.165, 1.54) is 18.2 Å². The van der Waals surface area contributed by atoms with Crippen LogP contribution in [0.2, 0.25) is 0 Å². The van der Waals surface area contributed by atoms with Gasteiger partial charge in [-0.1, -0.05) is 48.5 Å². The Bertz CT molecular complexity index is 1350. The number of methoxy groups -OCH3 is 1. The van der Waals surface area contributed by atoms with Crippen molar-refractivity contribution in [1.29, 1.82) is 0 Å². The number of nitrogens with one attached hydrogen (secondary N) is 1. The van der Waals surface area contributed by atoms with Crippen molar-refractivity contribution in [2.45, 2.75) is 10.1 Å². The van der Waals surface area contributed by atoms with Gasteiger partial charge in [-0.2, -0.15) is 9.97 Å². The van der Waals surface area contributed by atoms with E-state index in [1.807, 2.05) is 78.9 Å². The van der Waals surface area contributed by atoms with E-state index in [0.717, 1.165) is 21.7 Å². The van der Waals surface area contributed by atoms with Crippen LogP contribution < -0.4 is 10.1 Å². The van der Waals surface area contributed by atoms with Crippen LogP contribution in [0, 0.1) is 0 Å². The molecule has 8 heteroatoms. The summed E-state index contributed by atoms with van der Waals surface area (Å²) in [6.45, 7) is 0. The van der Waals surface area contributed by atoms with Crippen LogP contribution in [0.5, 0.6) is 5.75 Å². The monoisotopic (exact) mass is 453 g/mol. The molecule has 7 nitrogen and oxygen atoms in total. The molecular weight excluding hydrogens is 434 g/mol. The van der Waals surface area contributed by atoms with Crippen LogP contribution in [0.3, 0.4) is 0 Å². The molecule has 0 aliphatic rings. The molecule has 0 spiro atoms. The normalized spacial score (nSPS) is 10.7. The minimum absolute atomic E-state index is 0.441. The van der Waals surface area contributed by atoms with E-state index in [0.29, 0.717) is 28.4 Å². The second-order valence-corrected chi connectivity index (χ2v) is 7.99. The maximum atomic E-state index is 5.56. The molecule has 0 aliphatic carbocycles. The van der Waals surface area contributed by atoms with E-state index in [9.17, 15) is 0 Å². The Morgan fingerprint density at radius 3 is 2.39 bits per heavy atom. The van der Waals surface area contributed by atoms with Gasteiger partial charge in [0.25, 0.3) is 0 Å². The third-order valence-electron chi connectivity index (χ3n) is 4.75. The Morgan fingerprint density at radius 1 is 0.879 bits per heavy atom. The second kappa shape index (κ2) is 9.54. The van der Waals surface area contributed by atoms with Gasteiger partial charge in [-0.05, 0) is 36.0 Å². The van der Waals surface area contributed by atoms with E-state index in [2.05, 4.69) is 25.3 Å². The molecular formula is C25H19N5O2S. The molecule has 33 heavy (non-hydrogen) atoms. The van der Waals surface area contributed by atoms with Gasteiger partial charge in [0.05, 0.1) is 18.9 Å². The average molecular weight is 454 g/mol. The highest BCUT2D eigenvalue weighted by Crippen LogP contribution is 2.33. The lowest BCUT2D eigenvalue weighted by Gasteiger charge is -2.12. The van der Waals surface area contributed by atoms with Crippen molar-refractivity contribution in [2.75, 3.05) is 12.4 Å². The van der Waals surface area contributed by atoms with Gasteiger partial charge < -0.3 is 14.5 Å². The van der Waals surface area contributed by atoms with Crippen molar-refractivity contribution >= 4 is 23.4 Å². The number of oxazole rings is 1. The van der Waals surface area contributed by atoms with E-state index in [4.69, 9.17) is 9.15 Å². The molecule has 0 amide bonds. The molecule has 0 saturated heterocycles. The van der Waals surface area contributed by atoms with Crippen molar-refractivity contribution in [3.05, 3.63) is 91.5 Å². The van der Waals surface area contributed by atoms with Gasteiger partial charge in [0.15, 0.2) is 23.1 Å². The standard InChI is InChI=1S/C25H19N5O2S/c1-31-21-14-18(12-13-20(21)22-15-26-16-32-22)27-24-28-23(17-8-4-2-5-9-17)29-25(30-24)33-19-10-6-3-7-11-19/h2-16H,1H3,(H,27,28,29,30). The maximum absolute atomic E-state index is 5.56. The molecule has 5 aromatic rings.